The summed E-state index contributed by atoms with van der Waals surface area (Å²) in [5, 5.41) is 13.3. The van der Waals surface area contributed by atoms with Crippen LogP contribution < -0.4 is 5.32 Å². The molecule has 12 fully saturated rings. The fourth-order valence-electron chi connectivity index (χ4n) is 12.6. The van der Waals surface area contributed by atoms with E-state index in [-0.39, 0.29) is 107 Å². The molecule has 7 amide bonds. The van der Waals surface area contributed by atoms with Crippen molar-refractivity contribution >= 4 is 73.7 Å². The van der Waals surface area contributed by atoms with Gasteiger partial charge in [0.25, 0.3) is 5.79 Å². The Bertz CT molecular complexity index is 3290. The van der Waals surface area contributed by atoms with Crippen LogP contribution in [0, 0.1) is 0 Å². The van der Waals surface area contributed by atoms with Crippen molar-refractivity contribution in [1.29, 1.82) is 0 Å². The minimum absolute atomic E-state index is 0. The van der Waals surface area contributed by atoms with E-state index in [1.54, 1.807) is 104 Å². The van der Waals surface area contributed by atoms with Crippen molar-refractivity contribution in [3.8, 4) is 0 Å². The molecule has 34 nitrogen and oxygen atoms in total. The zero-order valence-electron chi connectivity index (χ0n) is 67.1. The molecule has 4 unspecified atom stereocenters. The van der Waals surface area contributed by atoms with Gasteiger partial charge in [0.05, 0.1) is 32.5 Å². The summed E-state index contributed by atoms with van der Waals surface area (Å²) in [4.78, 5) is 101. The zero-order valence-corrected chi connectivity index (χ0v) is 70.1. The van der Waals surface area contributed by atoms with E-state index in [0.717, 1.165) is 23.3 Å². The van der Waals surface area contributed by atoms with Gasteiger partial charge >= 0.3 is 42.7 Å². The number of fused-ring (bicyclic) bond motifs is 4. The summed E-state index contributed by atoms with van der Waals surface area (Å²) in [7, 11) is -3.41. The fraction of sp³-hybridized carbons (Fsp3) is 0.893. The average molecular weight is 1670 g/mol. The molecule has 0 aromatic rings. The molecule has 654 valence electrons. The Labute approximate surface area is 669 Å². The number of nitrogens with one attached hydrogen (secondary N) is 1. The predicted octanol–water partition coefficient (Wildman–Crippen LogP) is 13.3. The summed E-state index contributed by atoms with van der Waals surface area (Å²) in [5.74, 6) is -9.46. The minimum atomic E-state index is -2.34. The van der Waals surface area contributed by atoms with Crippen molar-refractivity contribution in [2.24, 2.45) is 0 Å². The Morgan fingerprint density at radius 3 is 1.12 bits per heavy atom. The molecule has 0 radical (unpaired) electrons. The van der Waals surface area contributed by atoms with Crippen LogP contribution in [0.1, 0.15) is 204 Å². The van der Waals surface area contributed by atoms with Crippen LogP contribution in [0.25, 0.3) is 0 Å². The summed E-state index contributed by atoms with van der Waals surface area (Å²) in [5.41, 5.74) is -2.31. The molecule has 37 heteroatoms. The molecule has 15 atom stereocenters. The van der Waals surface area contributed by atoms with E-state index in [1.807, 2.05) is 13.8 Å². The molecule has 0 saturated carbocycles. The predicted molar refractivity (Wildman–Crippen MR) is 418 cm³/mol. The van der Waals surface area contributed by atoms with Gasteiger partial charge in [-0.25, -0.2) is 48.3 Å². The summed E-state index contributed by atoms with van der Waals surface area (Å²) in [6, 6.07) is -2.60. The number of alkyl carbamates (subject to hydrolysis) is 1. The lowest BCUT2D eigenvalue weighted by molar-refractivity contribution is -0.322. The first-order chi connectivity index (χ1) is 48.0. The van der Waals surface area contributed by atoms with Crippen molar-refractivity contribution in [1.82, 2.24) is 20.0 Å². The number of ketones is 1. The van der Waals surface area contributed by atoms with Gasteiger partial charge in [-0.15, -0.1) is 8.58 Å². The highest BCUT2D eigenvalue weighted by Crippen LogP contribution is 2.51. The topological polar surface area (TPSA) is 372 Å². The molecule has 2 N–H and O–H groups in total. The first-order valence-corrected chi connectivity index (χ1v) is 43.6. The van der Waals surface area contributed by atoms with Gasteiger partial charge in [0.15, 0.2) is 64.2 Å². The Balaban J connectivity index is 0.000000494. The maximum Gasteiger partial charge on any atom is 0.420 e. The molecule has 0 bridgehead atoms. The molecule has 12 rings (SSSR count). The molecule has 4 spiro atoms. The van der Waals surface area contributed by atoms with Crippen molar-refractivity contribution in [2.75, 3.05) is 66.2 Å². The third kappa shape index (κ3) is 22.4. The SMILES string of the molecule is C.C.C.C.C.C.CC(C)(C)OC(=O)N1C(=O)OC2C(=O)[C@@]3(COC(C)(C)O3)OC[C@H]21.CC(C)(C)OC(=O)N1C(=O)OC2[C@H]1CO[C@]1(COC(C)(C)O1)[C@H]2O.CC(C)(C)OC(=O)N1C(=O)OC2[C@H]1CO[C@]1(COC(C)(C)O1)[C@H]2O[Si](C)(C)C(C)(C)C.CC1(C)OC[C@]2(OC[C@H]3NC(=O)OC3[C@@H]2O[Si](C)(C)C(C)(C)C)O1.CPC. The Morgan fingerprint density at radius 2 is 0.759 bits per heavy atom. The van der Waals surface area contributed by atoms with Gasteiger partial charge in [0.1, 0.15) is 79.7 Å². The van der Waals surface area contributed by atoms with Crippen LogP contribution in [0.15, 0.2) is 0 Å². The number of ether oxygens (including phenoxy) is 19. The van der Waals surface area contributed by atoms with Crippen LogP contribution in [-0.2, 0) is 104 Å². The van der Waals surface area contributed by atoms with E-state index in [0.29, 0.717) is 6.61 Å². The van der Waals surface area contributed by atoms with Crippen LogP contribution in [0.4, 0.5) is 33.6 Å². The second kappa shape index (κ2) is 35.5. The first kappa shape index (κ1) is 103. The van der Waals surface area contributed by atoms with Gasteiger partial charge in [-0.3, -0.25) is 4.79 Å². The third-order valence-corrected chi connectivity index (χ3v) is 28.5. The van der Waals surface area contributed by atoms with Gasteiger partial charge < -0.3 is 109 Å². The number of carbonyl (C=O) groups is 8. The van der Waals surface area contributed by atoms with Gasteiger partial charge in [0, 0.05) is 0 Å². The molecule has 12 aliphatic heterocycles. The van der Waals surface area contributed by atoms with Crippen molar-refractivity contribution in [3.05, 3.63) is 0 Å². The quantitative estimate of drug-likeness (QED) is 0.150. The smallest absolute Gasteiger partial charge is 0.420 e. The van der Waals surface area contributed by atoms with Crippen LogP contribution in [0.2, 0.25) is 36.3 Å². The maximum atomic E-state index is 12.8. The number of rotatable bonds is 4. The fourth-order valence-corrected chi connectivity index (χ4v) is 15.2. The monoisotopic (exact) mass is 1660 g/mol. The van der Waals surface area contributed by atoms with Crippen molar-refractivity contribution in [3.63, 3.8) is 0 Å². The lowest BCUT2D eigenvalue weighted by Crippen LogP contribution is -2.67. The summed E-state index contributed by atoms with van der Waals surface area (Å²) >= 11 is 0. The van der Waals surface area contributed by atoms with Crippen LogP contribution in [0.5, 0.6) is 0 Å². The highest BCUT2D eigenvalue weighted by molar-refractivity contribution is 7.35. The third-order valence-electron chi connectivity index (χ3n) is 19.6. The van der Waals surface area contributed by atoms with Crippen molar-refractivity contribution < 1.29 is 142 Å². The summed E-state index contributed by atoms with van der Waals surface area (Å²) in [6.07, 6.45) is -11.4. The van der Waals surface area contributed by atoms with E-state index >= 15 is 0 Å². The van der Waals surface area contributed by atoms with E-state index in [4.69, 9.17) is 98.9 Å². The zero-order chi connectivity index (χ0) is 80.1. The number of amides is 7. The van der Waals surface area contributed by atoms with E-state index in [9.17, 15) is 43.5 Å². The highest BCUT2D eigenvalue weighted by Gasteiger charge is 2.70. The number of hydrogen-bond donors (Lipinski definition) is 2. The number of carbonyl (C=O) groups excluding carboxylic acids is 8. The lowest BCUT2D eigenvalue weighted by atomic mass is 9.95. The minimum Gasteiger partial charge on any atom is -0.443 e. The number of aliphatic hydroxyl groups is 1. The van der Waals surface area contributed by atoms with E-state index in [2.05, 4.69) is 86.4 Å². The second-order valence-electron chi connectivity index (χ2n) is 35.9. The maximum absolute atomic E-state index is 12.8. The standard InChI is InChI=1S/C21H37NO8Si.C16H29NO6Si.C15H23NO8.C15H21NO8.C2H7P.6CH4/c1-18(2,3)28-17(24)22-13-11-25-21(12-26-20(7,8)30-21)15(14(13)27-16(22)23)29-31(9,10)19(4,5)6;1-14(2,3)24(6,7)22-12-11-10(17-13(18)21-11)8-19-16(12)9-20-15(4,5)23-16;2*1-13(2,3)23-12(19)16-8-6-20-15(7-21-14(4,5)24-15)10(17)9(8)22-11(16)18;1-3-2;;;;;;/h13-15H,11-12H2,1-10H3;10-12H,8-9H2,1-7H3,(H,17,18);8-10,17H,6-7H2,1-5H3;8-9H,6-7H2,1-5H3;3H,1-2H3;6*1H4/t13-,14?,15+,21+;10-,11?,12+,16+;8-,9?,10+,15+;8-,9?,15+;;;;;;;/m1111......./s1. The van der Waals surface area contributed by atoms with Gasteiger partial charge in [-0.1, -0.05) is 86.1 Å². The average Bonchev–Trinajstić information content (AvgIpc) is 1.58. The van der Waals surface area contributed by atoms with Gasteiger partial charge in [-0.05, 0) is 167 Å². The normalized spacial score (nSPS) is 33.4. The largest absolute Gasteiger partial charge is 0.443 e. The van der Waals surface area contributed by atoms with Crippen molar-refractivity contribution in [2.45, 2.75) is 370 Å². The number of hydrogen-bond acceptors (Lipinski definition) is 30. The number of Topliss-reactive ketones (excluding diaryl/α,β-unsaturated/α-hetero) is 1. The number of nitrogens with zero attached hydrogens (tertiary/aromatic N) is 3. The molecule has 12 saturated heterocycles. The van der Waals surface area contributed by atoms with Crippen LogP contribution in [-0.4, -0.2) is 281 Å². The van der Waals surface area contributed by atoms with Gasteiger partial charge in [0.2, 0.25) is 23.1 Å². The Hall–Kier alpha value is -4.58. The van der Waals surface area contributed by atoms with E-state index < -0.39 is 189 Å². The first-order valence-electron chi connectivity index (χ1n) is 35.8. The molecule has 112 heavy (non-hydrogen) atoms. The Kier molecular flexibility index (Phi) is 32.8. The molecule has 12 aliphatic rings. The van der Waals surface area contributed by atoms with Crippen LogP contribution in [0.3, 0.4) is 0 Å². The van der Waals surface area contributed by atoms with Gasteiger partial charge in [-0.2, -0.15) is 0 Å². The highest BCUT2D eigenvalue weighted by atomic mass is 31.1. The molecule has 12 heterocycles. The molecule has 0 aromatic carbocycles. The molecular formula is C75H141N4O30PSi2. The lowest BCUT2D eigenvalue weighted by Gasteiger charge is -2.49. The van der Waals surface area contributed by atoms with Crippen LogP contribution >= 0.6 is 8.58 Å². The van der Waals surface area contributed by atoms with E-state index in [1.165, 1.54) is 0 Å². The number of aliphatic hydroxyl groups excluding tert-OH is 1. The molecular weight excluding hydrogens is 1520 g/mol. The summed E-state index contributed by atoms with van der Waals surface area (Å²) < 4.78 is 120. The summed E-state index contributed by atoms with van der Waals surface area (Å²) in [6.45, 7) is 55.5. The molecule has 0 aliphatic carbocycles. The molecule has 0 aromatic heterocycles. The number of imide groups is 3. The second-order valence-corrected chi connectivity index (χ2v) is 46.4. The Morgan fingerprint density at radius 1 is 0.438 bits per heavy atom.